The lowest BCUT2D eigenvalue weighted by atomic mass is 10.2. The maximum absolute atomic E-state index is 12.9. The summed E-state index contributed by atoms with van der Waals surface area (Å²) >= 11 is 0. The van der Waals surface area contributed by atoms with Crippen LogP contribution in [-0.2, 0) is 16.2 Å². The Balaban J connectivity index is 2.39. The van der Waals surface area contributed by atoms with Crippen molar-refractivity contribution >= 4 is 15.8 Å². The van der Waals surface area contributed by atoms with Gasteiger partial charge in [-0.2, -0.15) is 13.2 Å². The monoisotopic (exact) mass is 347 g/mol. The van der Waals surface area contributed by atoms with Gasteiger partial charge in [-0.05, 0) is 19.1 Å². The molecule has 0 unspecified atom stereocenters. The van der Waals surface area contributed by atoms with E-state index in [1.54, 1.807) is 6.92 Å². The number of sulfonamides is 1. The number of rotatable bonds is 5. The Hall–Kier alpha value is -2.36. The Morgan fingerprint density at radius 1 is 1.22 bits per heavy atom. The van der Waals surface area contributed by atoms with Crippen LogP contribution in [0.5, 0.6) is 5.88 Å². The molecule has 1 heterocycles. The van der Waals surface area contributed by atoms with Gasteiger partial charge in [0.05, 0.1) is 17.1 Å². The van der Waals surface area contributed by atoms with Crippen molar-refractivity contribution in [2.75, 3.05) is 11.3 Å². The lowest BCUT2D eigenvalue weighted by Gasteiger charge is -2.14. The number of ether oxygens (including phenoxy) is 1. The maximum atomic E-state index is 12.9. The van der Waals surface area contributed by atoms with Gasteiger partial charge in [-0.25, -0.2) is 18.4 Å². The Morgan fingerprint density at radius 2 is 1.91 bits per heavy atom. The van der Waals surface area contributed by atoms with E-state index in [0.717, 1.165) is 18.5 Å². The third-order valence-electron chi connectivity index (χ3n) is 2.66. The number of halogens is 3. The number of hydrogen-bond donors (Lipinski definition) is 1. The van der Waals surface area contributed by atoms with E-state index in [9.17, 15) is 21.6 Å². The van der Waals surface area contributed by atoms with Crippen LogP contribution in [0.1, 0.15) is 12.5 Å². The molecule has 2 aromatic rings. The topological polar surface area (TPSA) is 81.2 Å². The minimum absolute atomic E-state index is 0.101. The molecule has 1 N–H and O–H groups in total. The molecule has 124 valence electrons. The number of nitrogens with one attached hydrogen (secondary N) is 1. The first-order chi connectivity index (χ1) is 10.7. The van der Waals surface area contributed by atoms with Crippen LogP contribution in [-0.4, -0.2) is 25.0 Å². The van der Waals surface area contributed by atoms with Crippen LogP contribution in [0.15, 0.2) is 41.6 Å². The molecule has 1 aromatic carbocycles. The van der Waals surface area contributed by atoms with Crippen LogP contribution >= 0.6 is 0 Å². The van der Waals surface area contributed by atoms with Gasteiger partial charge in [-0.15, -0.1) is 0 Å². The summed E-state index contributed by atoms with van der Waals surface area (Å²) in [5.41, 5.74) is -1.26. The molecule has 23 heavy (non-hydrogen) atoms. The Bertz CT molecular complexity index is 794. The summed E-state index contributed by atoms with van der Waals surface area (Å²) in [6.45, 7) is 1.99. The molecule has 10 heteroatoms. The summed E-state index contributed by atoms with van der Waals surface area (Å²) in [4.78, 5) is 6.52. The van der Waals surface area contributed by atoms with Crippen molar-refractivity contribution in [3.8, 4) is 5.88 Å². The second-order valence-corrected chi connectivity index (χ2v) is 5.92. The average Bonchev–Trinajstić information content (AvgIpc) is 2.47. The summed E-state index contributed by atoms with van der Waals surface area (Å²) in [5.74, 6) is -0.0928. The van der Waals surface area contributed by atoms with Crippen molar-refractivity contribution in [1.29, 1.82) is 0 Å². The molecule has 0 fully saturated rings. The van der Waals surface area contributed by atoms with Crippen LogP contribution in [0.25, 0.3) is 0 Å². The molecule has 0 radical (unpaired) electrons. The molecular formula is C13H12F3N3O3S. The SMILES string of the molecule is CCOc1cc(NS(=O)(=O)c2ccccc2C(F)(F)F)ncn1. The standard InChI is InChI=1S/C13H12F3N3O3S/c1-2-22-12-7-11(17-8-18-12)19-23(20,21)10-6-4-3-5-9(10)13(14,15)16/h3-8H,2H2,1H3,(H,17,18,19). The zero-order valence-corrected chi connectivity index (χ0v) is 12.6. The second-order valence-electron chi connectivity index (χ2n) is 4.27. The highest BCUT2D eigenvalue weighted by molar-refractivity contribution is 7.92. The van der Waals surface area contributed by atoms with Crippen molar-refractivity contribution in [2.24, 2.45) is 0 Å². The van der Waals surface area contributed by atoms with E-state index < -0.39 is 26.7 Å². The molecule has 0 saturated heterocycles. The number of benzene rings is 1. The van der Waals surface area contributed by atoms with Gasteiger partial charge in [-0.1, -0.05) is 12.1 Å². The third kappa shape index (κ3) is 4.09. The lowest BCUT2D eigenvalue weighted by Crippen LogP contribution is -2.19. The molecule has 0 bridgehead atoms. The molecule has 0 atom stereocenters. The van der Waals surface area contributed by atoms with E-state index in [1.165, 1.54) is 12.1 Å². The van der Waals surface area contributed by atoms with Gasteiger partial charge >= 0.3 is 6.18 Å². The molecule has 2 rings (SSSR count). The fraction of sp³-hybridized carbons (Fsp3) is 0.231. The van der Waals surface area contributed by atoms with E-state index in [0.29, 0.717) is 12.7 Å². The molecule has 1 aromatic heterocycles. The largest absolute Gasteiger partial charge is 0.478 e. The van der Waals surface area contributed by atoms with Gasteiger partial charge in [0.2, 0.25) is 5.88 Å². The van der Waals surface area contributed by atoms with E-state index in [-0.39, 0.29) is 11.7 Å². The zero-order chi connectivity index (χ0) is 17.1. The summed E-state index contributed by atoms with van der Waals surface area (Å²) < 4.78 is 70.3. The highest BCUT2D eigenvalue weighted by atomic mass is 32.2. The van der Waals surface area contributed by atoms with Gasteiger partial charge < -0.3 is 4.74 Å². The molecule has 6 nitrogen and oxygen atoms in total. The minimum Gasteiger partial charge on any atom is -0.478 e. The fourth-order valence-corrected chi connectivity index (χ4v) is 2.98. The van der Waals surface area contributed by atoms with Crippen molar-refractivity contribution in [2.45, 2.75) is 18.0 Å². The Kier molecular flexibility index (Phi) is 4.73. The first-order valence-corrected chi connectivity index (χ1v) is 7.86. The van der Waals surface area contributed by atoms with Crippen molar-refractivity contribution < 1.29 is 26.3 Å². The second kappa shape index (κ2) is 6.41. The quantitative estimate of drug-likeness (QED) is 0.899. The van der Waals surface area contributed by atoms with Crippen molar-refractivity contribution in [1.82, 2.24) is 9.97 Å². The van der Waals surface area contributed by atoms with E-state index in [2.05, 4.69) is 9.97 Å². The van der Waals surface area contributed by atoms with Crippen molar-refractivity contribution in [3.63, 3.8) is 0 Å². The summed E-state index contributed by atoms with van der Waals surface area (Å²) in [5, 5.41) is 0. The first kappa shape index (κ1) is 17.0. The normalized spacial score (nSPS) is 12.0. The van der Waals surface area contributed by atoms with Gasteiger partial charge in [0.25, 0.3) is 10.0 Å². The molecule has 0 spiro atoms. The average molecular weight is 347 g/mol. The van der Waals surface area contributed by atoms with E-state index >= 15 is 0 Å². The molecule has 0 aliphatic heterocycles. The lowest BCUT2D eigenvalue weighted by molar-refractivity contribution is -0.139. The number of nitrogens with zero attached hydrogens (tertiary/aromatic N) is 2. The predicted molar refractivity (Wildman–Crippen MR) is 75.5 cm³/mol. The molecule has 0 amide bonds. The van der Waals surface area contributed by atoms with Crippen LogP contribution in [0.2, 0.25) is 0 Å². The third-order valence-corrected chi connectivity index (χ3v) is 4.07. The summed E-state index contributed by atoms with van der Waals surface area (Å²) in [6.07, 6.45) is -3.76. The fourth-order valence-electron chi connectivity index (χ4n) is 1.75. The zero-order valence-electron chi connectivity index (χ0n) is 11.8. The highest BCUT2D eigenvalue weighted by Crippen LogP contribution is 2.34. The molecular weight excluding hydrogens is 335 g/mol. The molecule has 0 saturated carbocycles. The highest BCUT2D eigenvalue weighted by Gasteiger charge is 2.37. The van der Waals surface area contributed by atoms with Crippen LogP contribution in [0.3, 0.4) is 0 Å². The summed E-state index contributed by atoms with van der Waals surface area (Å²) in [6, 6.07) is 5.06. The molecule has 0 aliphatic rings. The van der Waals surface area contributed by atoms with Gasteiger partial charge in [0.15, 0.2) is 0 Å². The summed E-state index contributed by atoms with van der Waals surface area (Å²) in [7, 11) is -4.47. The van der Waals surface area contributed by atoms with Gasteiger partial charge in [0, 0.05) is 6.07 Å². The van der Waals surface area contributed by atoms with Crippen LogP contribution < -0.4 is 9.46 Å². The smallest absolute Gasteiger partial charge is 0.417 e. The van der Waals surface area contributed by atoms with Crippen LogP contribution in [0, 0.1) is 0 Å². The van der Waals surface area contributed by atoms with Gasteiger partial charge in [-0.3, -0.25) is 4.72 Å². The van der Waals surface area contributed by atoms with E-state index in [1.807, 2.05) is 4.72 Å². The Labute approximate surface area is 130 Å². The number of hydrogen-bond acceptors (Lipinski definition) is 5. The Morgan fingerprint density at radius 3 is 2.57 bits per heavy atom. The van der Waals surface area contributed by atoms with Crippen LogP contribution in [0.4, 0.5) is 19.0 Å². The predicted octanol–water partition coefficient (Wildman–Crippen LogP) is 2.69. The van der Waals surface area contributed by atoms with Gasteiger partial charge in [0.1, 0.15) is 12.1 Å². The first-order valence-electron chi connectivity index (χ1n) is 6.38. The molecule has 0 aliphatic carbocycles. The maximum Gasteiger partial charge on any atom is 0.417 e. The number of aromatic nitrogens is 2. The number of anilines is 1. The minimum atomic E-state index is -4.80. The van der Waals surface area contributed by atoms with Crippen molar-refractivity contribution in [3.05, 3.63) is 42.2 Å². The van der Waals surface area contributed by atoms with E-state index in [4.69, 9.17) is 4.74 Å². The number of alkyl halides is 3.